The highest BCUT2D eigenvalue weighted by Gasteiger charge is 2.44. The molecule has 7 nitrogen and oxygen atoms in total. The lowest BCUT2D eigenvalue weighted by molar-refractivity contribution is 0.0271. The fourth-order valence-electron chi connectivity index (χ4n) is 4.05. The molecule has 1 aromatic rings. The van der Waals surface area contributed by atoms with E-state index in [-0.39, 0.29) is 30.0 Å². The molecule has 2 aliphatic carbocycles. The van der Waals surface area contributed by atoms with Crippen LogP contribution in [-0.4, -0.2) is 47.4 Å². The molecule has 2 saturated carbocycles. The fourth-order valence-corrected chi connectivity index (χ4v) is 4.05. The van der Waals surface area contributed by atoms with Gasteiger partial charge in [0, 0.05) is 18.8 Å². The molecule has 0 radical (unpaired) electrons. The maximum absolute atomic E-state index is 14.1. The molecule has 0 aromatic heterocycles. The number of carbonyl (C=O) groups excluding carboxylic acids is 1. The van der Waals surface area contributed by atoms with E-state index in [1.807, 2.05) is 11.0 Å². The zero-order valence-electron chi connectivity index (χ0n) is 19.7. The van der Waals surface area contributed by atoms with Gasteiger partial charge in [0.25, 0.3) is 0 Å². The molecule has 33 heavy (non-hydrogen) atoms. The molecule has 2 amide bonds. The SMILES string of the molecule is CC1C(=C2CC2)NC(=O)N1C/C=C/CCNNC1(c2ccc(F)c(OCC(C)(C)O)c2)CC1. The molecule has 1 aliphatic heterocycles. The summed E-state index contributed by atoms with van der Waals surface area (Å²) in [5.41, 5.74) is 8.86. The minimum absolute atomic E-state index is 0.0118. The molecule has 3 aliphatic rings. The average molecular weight is 459 g/mol. The molecule has 0 spiro atoms. The van der Waals surface area contributed by atoms with Gasteiger partial charge in [-0.25, -0.2) is 14.6 Å². The van der Waals surface area contributed by atoms with Crippen molar-refractivity contribution < 1.29 is 19.0 Å². The van der Waals surface area contributed by atoms with Crippen LogP contribution in [0.15, 0.2) is 41.6 Å². The zero-order chi connectivity index (χ0) is 23.6. The first-order chi connectivity index (χ1) is 15.7. The fraction of sp³-hybridized carbons (Fsp3) is 0.560. The summed E-state index contributed by atoms with van der Waals surface area (Å²) in [6, 6.07) is 5.03. The van der Waals surface area contributed by atoms with E-state index in [1.165, 1.54) is 11.6 Å². The van der Waals surface area contributed by atoms with Crippen LogP contribution in [0.4, 0.5) is 9.18 Å². The number of carbonyl (C=O) groups is 1. The van der Waals surface area contributed by atoms with Gasteiger partial charge in [0.15, 0.2) is 11.6 Å². The van der Waals surface area contributed by atoms with Gasteiger partial charge >= 0.3 is 6.03 Å². The first-order valence-corrected chi connectivity index (χ1v) is 11.8. The van der Waals surface area contributed by atoms with Crippen LogP contribution >= 0.6 is 0 Å². The Morgan fingerprint density at radius 1 is 1.33 bits per heavy atom. The van der Waals surface area contributed by atoms with E-state index in [0.29, 0.717) is 6.54 Å². The number of allylic oxidation sites excluding steroid dienone is 1. The van der Waals surface area contributed by atoms with Crippen molar-refractivity contribution in [2.75, 3.05) is 19.7 Å². The van der Waals surface area contributed by atoms with E-state index in [0.717, 1.165) is 49.9 Å². The lowest BCUT2D eigenvalue weighted by atomic mass is 10.0. The number of hydrazine groups is 1. The normalized spacial score (nSPS) is 21.7. The van der Waals surface area contributed by atoms with Crippen LogP contribution in [0.1, 0.15) is 58.4 Å². The number of benzene rings is 1. The van der Waals surface area contributed by atoms with Crippen molar-refractivity contribution in [2.45, 2.75) is 70.1 Å². The van der Waals surface area contributed by atoms with E-state index >= 15 is 0 Å². The van der Waals surface area contributed by atoms with Gasteiger partial charge in [0.2, 0.25) is 0 Å². The summed E-state index contributed by atoms with van der Waals surface area (Å²) in [5.74, 6) is -0.273. The third-order valence-electron chi connectivity index (χ3n) is 6.32. The van der Waals surface area contributed by atoms with Gasteiger partial charge in [-0.05, 0) is 76.1 Å². The highest BCUT2D eigenvalue weighted by Crippen LogP contribution is 2.46. The average Bonchev–Trinajstić information content (AvgIpc) is 3.67. The summed E-state index contributed by atoms with van der Waals surface area (Å²) in [7, 11) is 0. The predicted molar refractivity (Wildman–Crippen MR) is 125 cm³/mol. The molecule has 1 atom stereocenters. The van der Waals surface area contributed by atoms with Gasteiger partial charge < -0.3 is 20.1 Å². The Balaban J connectivity index is 1.21. The van der Waals surface area contributed by atoms with E-state index in [2.05, 4.69) is 29.2 Å². The molecule has 1 heterocycles. The standard InChI is InChI=1S/C25H35FN4O3/c1-17-22(18-7-8-18)28-23(31)30(17)14-6-4-5-13-27-29-25(11-12-25)19-9-10-20(26)21(15-19)33-16-24(2,3)32/h4,6,9-10,15,17,27,29,32H,5,7-8,11-14,16H2,1-3H3,(H,28,31)/b6-4+. The molecule has 0 bridgehead atoms. The lowest BCUT2D eigenvalue weighted by Crippen LogP contribution is -2.41. The smallest absolute Gasteiger partial charge is 0.322 e. The number of urea groups is 1. The molecular weight excluding hydrogens is 423 g/mol. The number of hydrogen-bond donors (Lipinski definition) is 4. The maximum atomic E-state index is 14.1. The number of amides is 2. The summed E-state index contributed by atoms with van der Waals surface area (Å²) in [6.45, 7) is 6.68. The lowest BCUT2D eigenvalue weighted by Gasteiger charge is -2.21. The van der Waals surface area contributed by atoms with Crippen LogP contribution in [0, 0.1) is 5.82 Å². The van der Waals surface area contributed by atoms with Crippen LogP contribution < -0.4 is 20.9 Å². The van der Waals surface area contributed by atoms with Crippen LogP contribution in [0.25, 0.3) is 0 Å². The largest absolute Gasteiger partial charge is 0.488 e. The van der Waals surface area contributed by atoms with Crippen LogP contribution in [0.3, 0.4) is 0 Å². The second-order valence-electron chi connectivity index (χ2n) is 9.92. The summed E-state index contributed by atoms with van der Waals surface area (Å²) in [5, 5.41) is 12.8. The zero-order valence-corrected chi connectivity index (χ0v) is 19.7. The first-order valence-electron chi connectivity index (χ1n) is 11.8. The van der Waals surface area contributed by atoms with Crippen molar-refractivity contribution in [3.8, 4) is 5.75 Å². The molecule has 8 heteroatoms. The highest BCUT2D eigenvalue weighted by molar-refractivity contribution is 5.81. The number of nitrogens with one attached hydrogen (secondary N) is 3. The Morgan fingerprint density at radius 2 is 2.09 bits per heavy atom. The van der Waals surface area contributed by atoms with E-state index in [9.17, 15) is 14.3 Å². The van der Waals surface area contributed by atoms with Crippen molar-refractivity contribution in [3.05, 3.63) is 53.0 Å². The number of ether oxygens (including phenoxy) is 1. The number of halogens is 1. The summed E-state index contributed by atoms with van der Waals surface area (Å²) < 4.78 is 19.6. The molecule has 1 aromatic carbocycles. The summed E-state index contributed by atoms with van der Waals surface area (Å²) in [6.07, 6.45) is 9.06. The first kappa shape index (κ1) is 23.7. The third-order valence-corrected chi connectivity index (χ3v) is 6.32. The second-order valence-corrected chi connectivity index (χ2v) is 9.92. The molecule has 180 valence electrons. The number of hydrogen-bond acceptors (Lipinski definition) is 5. The van der Waals surface area contributed by atoms with Crippen molar-refractivity contribution >= 4 is 6.03 Å². The number of nitrogens with zero attached hydrogens (tertiary/aromatic N) is 1. The minimum atomic E-state index is -1.03. The quantitative estimate of drug-likeness (QED) is 0.232. The van der Waals surface area contributed by atoms with Gasteiger partial charge in [-0.2, -0.15) is 0 Å². The van der Waals surface area contributed by atoms with Gasteiger partial charge in [0.05, 0.1) is 17.2 Å². The molecule has 4 N–H and O–H groups in total. The van der Waals surface area contributed by atoms with Gasteiger partial charge in [-0.3, -0.25) is 5.43 Å². The summed E-state index contributed by atoms with van der Waals surface area (Å²) in [4.78, 5) is 14.0. The Morgan fingerprint density at radius 3 is 2.76 bits per heavy atom. The van der Waals surface area contributed by atoms with Crippen molar-refractivity contribution in [1.82, 2.24) is 21.1 Å². The Bertz CT molecular complexity index is 943. The maximum Gasteiger partial charge on any atom is 0.322 e. The van der Waals surface area contributed by atoms with Gasteiger partial charge in [-0.1, -0.05) is 18.2 Å². The monoisotopic (exact) mass is 458 g/mol. The number of aliphatic hydroxyl groups is 1. The molecule has 1 saturated heterocycles. The second kappa shape index (κ2) is 9.44. The van der Waals surface area contributed by atoms with Crippen molar-refractivity contribution in [1.29, 1.82) is 0 Å². The number of rotatable bonds is 11. The Labute approximate surface area is 195 Å². The van der Waals surface area contributed by atoms with Crippen molar-refractivity contribution in [2.24, 2.45) is 0 Å². The molecule has 3 fully saturated rings. The van der Waals surface area contributed by atoms with Gasteiger partial charge in [-0.15, -0.1) is 0 Å². The third kappa shape index (κ3) is 5.93. The summed E-state index contributed by atoms with van der Waals surface area (Å²) >= 11 is 0. The topological polar surface area (TPSA) is 85.9 Å². The highest BCUT2D eigenvalue weighted by atomic mass is 19.1. The minimum Gasteiger partial charge on any atom is -0.488 e. The van der Waals surface area contributed by atoms with E-state index < -0.39 is 11.4 Å². The Hall–Kier alpha value is -2.42. The molecule has 1 unspecified atom stereocenters. The van der Waals surface area contributed by atoms with Crippen molar-refractivity contribution in [3.63, 3.8) is 0 Å². The Kier molecular flexibility index (Phi) is 6.79. The van der Waals surface area contributed by atoms with Gasteiger partial charge in [0.1, 0.15) is 6.61 Å². The van der Waals surface area contributed by atoms with Crippen LogP contribution in [0.5, 0.6) is 5.75 Å². The predicted octanol–water partition coefficient (Wildman–Crippen LogP) is 3.47. The van der Waals surface area contributed by atoms with Crippen LogP contribution in [-0.2, 0) is 5.54 Å². The van der Waals surface area contributed by atoms with E-state index in [4.69, 9.17) is 4.74 Å². The molecular formula is C25H35FN4O3. The molecule has 4 rings (SSSR count). The van der Waals surface area contributed by atoms with Crippen LogP contribution in [0.2, 0.25) is 0 Å². The van der Waals surface area contributed by atoms with E-state index in [1.54, 1.807) is 26.0 Å².